The third-order valence-corrected chi connectivity index (χ3v) is 4.93. The molecule has 0 unspecified atom stereocenters. The SMILES string of the molecule is N#Cc1ccc2[nH]c(O)c(-c3cc(Nc4ccccc4)c4ccccc4n3)c2c1. The minimum atomic E-state index is 0.0310. The highest BCUT2D eigenvalue weighted by atomic mass is 16.3. The zero-order valence-corrected chi connectivity index (χ0v) is 15.3. The molecule has 0 aliphatic rings. The summed E-state index contributed by atoms with van der Waals surface area (Å²) in [6.45, 7) is 0. The molecule has 5 aromatic rings. The number of rotatable bonds is 3. The van der Waals surface area contributed by atoms with E-state index >= 15 is 0 Å². The highest BCUT2D eigenvalue weighted by Gasteiger charge is 2.17. The number of para-hydroxylation sites is 2. The molecule has 0 aliphatic heterocycles. The number of aromatic hydroxyl groups is 1. The molecule has 0 saturated heterocycles. The second kappa shape index (κ2) is 6.70. The zero-order valence-electron chi connectivity index (χ0n) is 15.3. The number of nitrogens with zero attached hydrogens (tertiary/aromatic N) is 2. The number of nitrogens with one attached hydrogen (secondary N) is 2. The van der Waals surface area contributed by atoms with Crippen LogP contribution in [0.1, 0.15) is 5.56 Å². The summed E-state index contributed by atoms with van der Waals surface area (Å²) in [5.41, 5.74) is 5.16. The molecule has 0 amide bonds. The lowest BCUT2D eigenvalue weighted by Gasteiger charge is -2.12. The van der Waals surface area contributed by atoms with Crippen molar-refractivity contribution in [2.75, 3.05) is 5.32 Å². The van der Waals surface area contributed by atoms with Crippen molar-refractivity contribution in [3.05, 3.63) is 84.4 Å². The van der Waals surface area contributed by atoms with Gasteiger partial charge >= 0.3 is 0 Å². The number of aromatic amines is 1. The van der Waals surface area contributed by atoms with Crippen LogP contribution in [0.15, 0.2) is 78.9 Å². The maximum Gasteiger partial charge on any atom is 0.199 e. The third kappa shape index (κ3) is 2.93. The van der Waals surface area contributed by atoms with Crippen LogP contribution in [0.5, 0.6) is 5.88 Å². The summed E-state index contributed by atoms with van der Waals surface area (Å²) in [5.74, 6) is 0.0310. The molecule has 5 rings (SSSR count). The quantitative estimate of drug-likeness (QED) is 0.377. The number of hydrogen-bond donors (Lipinski definition) is 3. The van der Waals surface area contributed by atoms with Crippen molar-refractivity contribution in [3.8, 4) is 23.2 Å². The Morgan fingerprint density at radius 3 is 2.52 bits per heavy atom. The van der Waals surface area contributed by atoms with E-state index in [2.05, 4.69) is 16.4 Å². The van der Waals surface area contributed by atoms with Gasteiger partial charge in [-0.15, -0.1) is 0 Å². The lowest BCUT2D eigenvalue weighted by atomic mass is 10.0. The summed E-state index contributed by atoms with van der Waals surface area (Å²) in [6.07, 6.45) is 0. The van der Waals surface area contributed by atoms with E-state index in [0.717, 1.165) is 33.2 Å². The number of hydrogen-bond acceptors (Lipinski definition) is 4. The van der Waals surface area contributed by atoms with Crippen LogP contribution in [-0.2, 0) is 0 Å². The van der Waals surface area contributed by atoms with Gasteiger partial charge < -0.3 is 15.4 Å². The van der Waals surface area contributed by atoms with Crippen molar-refractivity contribution in [2.24, 2.45) is 0 Å². The number of aromatic nitrogens is 2. The van der Waals surface area contributed by atoms with E-state index in [-0.39, 0.29) is 5.88 Å². The molecule has 0 spiro atoms. The van der Waals surface area contributed by atoms with Gasteiger partial charge in [0.25, 0.3) is 0 Å². The van der Waals surface area contributed by atoms with Gasteiger partial charge in [0.1, 0.15) is 0 Å². The Labute approximate surface area is 166 Å². The van der Waals surface area contributed by atoms with Crippen LogP contribution in [0.4, 0.5) is 11.4 Å². The van der Waals surface area contributed by atoms with Crippen LogP contribution in [0, 0.1) is 11.3 Å². The van der Waals surface area contributed by atoms with Crippen molar-refractivity contribution in [2.45, 2.75) is 0 Å². The molecule has 0 aliphatic carbocycles. The molecule has 0 bridgehead atoms. The fourth-order valence-electron chi connectivity index (χ4n) is 3.59. The molecule has 3 aromatic carbocycles. The van der Waals surface area contributed by atoms with Crippen LogP contribution < -0.4 is 5.32 Å². The Morgan fingerprint density at radius 1 is 0.897 bits per heavy atom. The van der Waals surface area contributed by atoms with Crippen molar-refractivity contribution in [1.82, 2.24) is 9.97 Å². The Morgan fingerprint density at radius 2 is 1.69 bits per heavy atom. The predicted octanol–water partition coefficient (Wildman–Crippen LogP) is 5.70. The Bertz CT molecular complexity index is 1400. The van der Waals surface area contributed by atoms with E-state index in [4.69, 9.17) is 4.98 Å². The fraction of sp³-hybridized carbons (Fsp3) is 0. The molecule has 2 heterocycles. The van der Waals surface area contributed by atoms with Gasteiger partial charge in [-0.2, -0.15) is 5.26 Å². The first-order valence-electron chi connectivity index (χ1n) is 9.20. The molecule has 5 nitrogen and oxygen atoms in total. The lowest BCUT2D eigenvalue weighted by molar-refractivity contribution is 0.460. The number of pyridine rings is 1. The minimum absolute atomic E-state index is 0.0310. The molecule has 3 N–H and O–H groups in total. The number of benzene rings is 3. The smallest absolute Gasteiger partial charge is 0.199 e. The summed E-state index contributed by atoms with van der Waals surface area (Å²) < 4.78 is 0. The first kappa shape index (κ1) is 16.8. The monoisotopic (exact) mass is 376 g/mol. The van der Waals surface area contributed by atoms with Crippen LogP contribution in [0.3, 0.4) is 0 Å². The van der Waals surface area contributed by atoms with E-state index in [9.17, 15) is 10.4 Å². The average Bonchev–Trinajstić information content (AvgIpc) is 3.09. The van der Waals surface area contributed by atoms with Gasteiger partial charge in [0.05, 0.1) is 34.1 Å². The molecule has 29 heavy (non-hydrogen) atoms. The third-order valence-electron chi connectivity index (χ3n) is 4.93. The Balaban J connectivity index is 1.75. The second-order valence-corrected chi connectivity index (χ2v) is 6.78. The summed E-state index contributed by atoms with van der Waals surface area (Å²) in [4.78, 5) is 7.76. The highest BCUT2D eigenvalue weighted by molar-refractivity contribution is 6.02. The number of fused-ring (bicyclic) bond motifs is 2. The summed E-state index contributed by atoms with van der Waals surface area (Å²) in [6, 6.07) is 27.1. The second-order valence-electron chi connectivity index (χ2n) is 6.78. The van der Waals surface area contributed by atoms with E-state index in [1.54, 1.807) is 18.2 Å². The van der Waals surface area contributed by atoms with Crippen LogP contribution in [-0.4, -0.2) is 15.1 Å². The van der Waals surface area contributed by atoms with Crippen molar-refractivity contribution >= 4 is 33.2 Å². The standard InChI is InChI=1S/C24H16N4O/c25-14-15-10-11-20-18(12-15)23(24(29)28-20)22-13-21(26-16-6-2-1-3-7-16)17-8-4-5-9-19(17)27-22/h1-13,28-29H,(H,26,27). The molecular formula is C24H16N4O. The van der Waals surface area contributed by atoms with Crippen molar-refractivity contribution < 1.29 is 5.11 Å². The fourth-order valence-corrected chi connectivity index (χ4v) is 3.59. The largest absolute Gasteiger partial charge is 0.494 e. The maximum absolute atomic E-state index is 10.6. The lowest BCUT2D eigenvalue weighted by Crippen LogP contribution is -1.95. The van der Waals surface area contributed by atoms with Gasteiger partial charge in [-0.3, -0.25) is 0 Å². The summed E-state index contributed by atoms with van der Waals surface area (Å²) in [7, 11) is 0. The van der Waals surface area contributed by atoms with Crippen LogP contribution in [0.2, 0.25) is 0 Å². The predicted molar refractivity (Wildman–Crippen MR) is 115 cm³/mol. The summed E-state index contributed by atoms with van der Waals surface area (Å²) >= 11 is 0. The van der Waals surface area contributed by atoms with Crippen LogP contribution in [0.25, 0.3) is 33.1 Å². The van der Waals surface area contributed by atoms with Gasteiger partial charge in [0.15, 0.2) is 5.88 Å². The molecule has 5 heteroatoms. The Kier molecular flexibility index (Phi) is 3.89. The number of H-pyrrole nitrogens is 1. The number of anilines is 2. The van der Waals surface area contributed by atoms with Crippen molar-refractivity contribution in [3.63, 3.8) is 0 Å². The molecular weight excluding hydrogens is 360 g/mol. The van der Waals surface area contributed by atoms with Crippen molar-refractivity contribution in [1.29, 1.82) is 5.26 Å². The normalized spacial score (nSPS) is 10.9. The zero-order chi connectivity index (χ0) is 19.8. The molecule has 0 radical (unpaired) electrons. The first-order chi connectivity index (χ1) is 14.2. The number of nitriles is 1. The van der Waals surface area contributed by atoms with E-state index in [1.807, 2.05) is 60.7 Å². The molecule has 138 valence electrons. The van der Waals surface area contributed by atoms with Gasteiger partial charge in [-0.1, -0.05) is 36.4 Å². The van der Waals surface area contributed by atoms with Gasteiger partial charge in [-0.25, -0.2) is 4.98 Å². The van der Waals surface area contributed by atoms with E-state index in [1.165, 1.54) is 0 Å². The molecule has 0 fully saturated rings. The highest BCUT2D eigenvalue weighted by Crippen LogP contribution is 2.39. The van der Waals surface area contributed by atoms with Crippen LogP contribution >= 0.6 is 0 Å². The van der Waals surface area contributed by atoms with Gasteiger partial charge in [0.2, 0.25) is 0 Å². The van der Waals surface area contributed by atoms with Gasteiger partial charge in [0, 0.05) is 22.0 Å². The Hall–Kier alpha value is -4.30. The van der Waals surface area contributed by atoms with Gasteiger partial charge in [-0.05, 0) is 42.5 Å². The summed E-state index contributed by atoms with van der Waals surface area (Å²) in [5, 5.41) is 25.1. The first-order valence-corrected chi connectivity index (χ1v) is 9.20. The topological polar surface area (TPSA) is 84.7 Å². The maximum atomic E-state index is 10.6. The minimum Gasteiger partial charge on any atom is -0.494 e. The van der Waals surface area contributed by atoms with E-state index < -0.39 is 0 Å². The molecule has 0 saturated carbocycles. The van der Waals surface area contributed by atoms with E-state index in [0.29, 0.717) is 16.8 Å². The molecule has 0 atom stereocenters. The molecule has 2 aromatic heterocycles. The average molecular weight is 376 g/mol.